The van der Waals surface area contributed by atoms with Crippen LogP contribution in [0.1, 0.15) is 48.2 Å². The molecule has 2 aromatic rings. The third-order valence-electron chi connectivity index (χ3n) is 5.40. The molecular formula is C24H31N3O2S. The Bertz CT molecular complexity index is 883. The number of benzene rings is 2. The molecule has 1 heterocycles. The summed E-state index contributed by atoms with van der Waals surface area (Å²) >= 11 is 5.44. The summed E-state index contributed by atoms with van der Waals surface area (Å²) in [6, 6.07) is 14.1. The second kappa shape index (κ2) is 10.4. The van der Waals surface area contributed by atoms with Gasteiger partial charge in [-0.15, -0.1) is 0 Å². The Morgan fingerprint density at radius 2 is 2.00 bits per heavy atom. The maximum Gasteiger partial charge on any atom is 0.338 e. The number of piperidine rings is 1. The summed E-state index contributed by atoms with van der Waals surface area (Å²) in [5.74, 6) is 0.452. The van der Waals surface area contributed by atoms with Crippen LogP contribution < -0.4 is 15.5 Å². The van der Waals surface area contributed by atoms with Crippen LogP contribution in [0.4, 0.5) is 11.4 Å². The predicted octanol–water partition coefficient (Wildman–Crippen LogP) is 4.89. The second-order valence-corrected chi connectivity index (χ2v) is 8.33. The van der Waals surface area contributed by atoms with Crippen LogP contribution in [0.3, 0.4) is 0 Å². The quantitative estimate of drug-likeness (QED) is 0.507. The number of rotatable bonds is 6. The van der Waals surface area contributed by atoms with Crippen molar-refractivity contribution in [2.24, 2.45) is 5.92 Å². The molecule has 0 bridgehead atoms. The summed E-state index contributed by atoms with van der Waals surface area (Å²) < 4.78 is 5.04. The van der Waals surface area contributed by atoms with E-state index in [1.165, 1.54) is 24.1 Å². The number of nitrogens with one attached hydrogen (secondary N) is 2. The number of carbonyl (C=O) groups is 1. The highest BCUT2D eigenvalue weighted by Crippen LogP contribution is 2.23. The Balaban J connectivity index is 1.51. The zero-order valence-electron chi connectivity index (χ0n) is 18.0. The number of thiocarbonyl (C=S) groups is 1. The van der Waals surface area contributed by atoms with E-state index >= 15 is 0 Å². The minimum Gasteiger partial charge on any atom is -0.462 e. The molecule has 1 unspecified atom stereocenters. The molecule has 1 atom stereocenters. The number of esters is 1. The van der Waals surface area contributed by atoms with E-state index in [-0.39, 0.29) is 5.97 Å². The first kappa shape index (κ1) is 22.1. The zero-order valence-corrected chi connectivity index (χ0v) is 18.8. The van der Waals surface area contributed by atoms with Crippen molar-refractivity contribution in [3.05, 3.63) is 59.2 Å². The Kier molecular flexibility index (Phi) is 7.69. The molecule has 0 spiro atoms. The molecule has 1 fully saturated rings. The molecule has 0 amide bonds. The van der Waals surface area contributed by atoms with E-state index in [1.807, 2.05) is 19.1 Å². The number of hydrogen-bond donors (Lipinski definition) is 2. The number of ether oxygens (including phenoxy) is 1. The molecule has 1 saturated heterocycles. The lowest BCUT2D eigenvalue weighted by molar-refractivity contribution is 0.0526. The summed E-state index contributed by atoms with van der Waals surface area (Å²) in [5, 5.41) is 7.01. The Morgan fingerprint density at radius 1 is 1.23 bits per heavy atom. The first-order chi connectivity index (χ1) is 14.5. The lowest BCUT2D eigenvalue weighted by Crippen LogP contribution is -2.34. The van der Waals surface area contributed by atoms with Crippen molar-refractivity contribution < 1.29 is 9.53 Å². The molecule has 5 nitrogen and oxygen atoms in total. The molecule has 0 aliphatic carbocycles. The number of anilines is 2. The lowest BCUT2D eigenvalue weighted by atomic mass is 9.99. The molecule has 6 heteroatoms. The highest BCUT2D eigenvalue weighted by Gasteiger charge is 2.16. The molecule has 30 heavy (non-hydrogen) atoms. The van der Waals surface area contributed by atoms with Gasteiger partial charge in [0.15, 0.2) is 5.11 Å². The van der Waals surface area contributed by atoms with Gasteiger partial charge < -0.3 is 20.3 Å². The molecule has 1 aliphatic rings. The van der Waals surface area contributed by atoms with E-state index in [0.29, 0.717) is 23.8 Å². The highest BCUT2D eigenvalue weighted by molar-refractivity contribution is 7.80. The van der Waals surface area contributed by atoms with E-state index in [4.69, 9.17) is 17.0 Å². The smallest absolute Gasteiger partial charge is 0.338 e. The van der Waals surface area contributed by atoms with Gasteiger partial charge in [0.05, 0.1) is 12.2 Å². The van der Waals surface area contributed by atoms with Crippen molar-refractivity contribution in [1.29, 1.82) is 0 Å². The van der Waals surface area contributed by atoms with Gasteiger partial charge in [0.25, 0.3) is 0 Å². The first-order valence-corrected chi connectivity index (χ1v) is 11.0. The van der Waals surface area contributed by atoms with Crippen LogP contribution in [0.15, 0.2) is 42.5 Å². The van der Waals surface area contributed by atoms with Crippen molar-refractivity contribution in [3.63, 3.8) is 0 Å². The van der Waals surface area contributed by atoms with Crippen molar-refractivity contribution in [2.75, 3.05) is 29.9 Å². The number of aryl methyl sites for hydroxylation is 1. The third-order valence-corrected chi connectivity index (χ3v) is 5.64. The highest BCUT2D eigenvalue weighted by atomic mass is 32.1. The van der Waals surface area contributed by atoms with Crippen LogP contribution in [-0.2, 0) is 11.3 Å². The lowest BCUT2D eigenvalue weighted by Gasteiger charge is -2.32. The van der Waals surface area contributed by atoms with Gasteiger partial charge in [0.1, 0.15) is 0 Å². The molecule has 160 valence electrons. The maximum atomic E-state index is 11.8. The Labute approximate surface area is 184 Å². The van der Waals surface area contributed by atoms with Crippen LogP contribution >= 0.6 is 12.2 Å². The van der Waals surface area contributed by atoms with Gasteiger partial charge in [0.2, 0.25) is 0 Å². The molecule has 0 aromatic heterocycles. The summed E-state index contributed by atoms with van der Waals surface area (Å²) in [5.41, 5.74) is 4.83. The van der Waals surface area contributed by atoms with Gasteiger partial charge >= 0.3 is 5.97 Å². The monoisotopic (exact) mass is 425 g/mol. The fourth-order valence-electron chi connectivity index (χ4n) is 3.74. The molecule has 2 aromatic carbocycles. The van der Waals surface area contributed by atoms with Gasteiger partial charge in [-0.05, 0) is 86.3 Å². The average Bonchev–Trinajstić information content (AvgIpc) is 2.74. The minimum absolute atomic E-state index is 0.310. The maximum absolute atomic E-state index is 11.8. The summed E-state index contributed by atoms with van der Waals surface area (Å²) in [7, 11) is 0. The largest absolute Gasteiger partial charge is 0.462 e. The van der Waals surface area contributed by atoms with Gasteiger partial charge in [0, 0.05) is 31.0 Å². The Hall–Kier alpha value is -2.60. The van der Waals surface area contributed by atoms with Crippen LogP contribution in [0.2, 0.25) is 0 Å². The van der Waals surface area contributed by atoms with E-state index in [0.717, 1.165) is 30.3 Å². The second-order valence-electron chi connectivity index (χ2n) is 7.92. The zero-order chi connectivity index (χ0) is 21.5. The van der Waals surface area contributed by atoms with Gasteiger partial charge in [-0.25, -0.2) is 4.79 Å². The SMILES string of the molecule is CCOC(=O)c1ccc(NC(=S)NCc2ccc(N3CCCC(C)C3)cc2)c(C)c1. The van der Waals surface area contributed by atoms with E-state index in [1.54, 1.807) is 13.0 Å². The van der Waals surface area contributed by atoms with E-state index in [9.17, 15) is 4.79 Å². The van der Waals surface area contributed by atoms with Crippen LogP contribution in [0.25, 0.3) is 0 Å². The van der Waals surface area contributed by atoms with E-state index < -0.39 is 0 Å². The van der Waals surface area contributed by atoms with Crippen molar-refractivity contribution >= 4 is 34.7 Å². The topological polar surface area (TPSA) is 53.6 Å². The molecule has 0 radical (unpaired) electrons. The van der Waals surface area contributed by atoms with Gasteiger partial charge in [-0.2, -0.15) is 0 Å². The summed E-state index contributed by atoms with van der Waals surface area (Å²) in [6.07, 6.45) is 2.60. The average molecular weight is 426 g/mol. The standard InChI is InChI=1S/C24H31N3O2S/c1-4-29-23(28)20-9-12-22(18(3)14-20)26-24(30)25-15-19-7-10-21(11-8-19)27-13-5-6-17(2)16-27/h7-12,14,17H,4-6,13,15-16H2,1-3H3,(H2,25,26,30). The van der Waals surface area contributed by atoms with Crippen molar-refractivity contribution in [2.45, 2.75) is 40.2 Å². The normalized spacial score (nSPS) is 16.1. The van der Waals surface area contributed by atoms with Crippen molar-refractivity contribution in [1.82, 2.24) is 5.32 Å². The first-order valence-electron chi connectivity index (χ1n) is 10.6. The molecular weight excluding hydrogens is 394 g/mol. The van der Waals surface area contributed by atoms with Crippen LogP contribution in [0.5, 0.6) is 0 Å². The minimum atomic E-state index is -0.310. The van der Waals surface area contributed by atoms with E-state index in [2.05, 4.69) is 46.7 Å². The number of hydrogen-bond acceptors (Lipinski definition) is 4. The molecule has 0 saturated carbocycles. The van der Waals surface area contributed by atoms with Crippen LogP contribution in [-0.4, -0.2) is 30.8 Å². The fraction of sp³-hybridized carbons (Fsp3) is 0.417. The van der Waals surface area contributed by atoms with Gasteiger partial charge in [-0.1, -0.05) is 19.1 Å². The summed E-state index contributed by atoms with van der Waals surface area (Å²) in [4.78, 5) is 14.3. The predicted molar refractivity (Wildman–Crippen MR) is 127 cm³/mol. The third kappa shape index (κ3) is 5.95. The van der Waals surface area contributed by atoms with Crippen LogP contribution in [0, 0.1) is 12.8 Å². The molecule has 1 aliphatic heterocycles. The Morgan fingerprint density at radius 3 is 2.67 bits per heavy atom. The number of nitrogens with zero attached hydrogens (tertiary/aromatic N) is 1. The fourth-order valence-corrected chi connectivity index (χ4v) is 3.92. The van der Waals surface area contributed by atoms with Gasteiger partial charge in [-0.3, -0.25) is 0 Å². The number of carbonyl (C=O) groups excluding carboxylic acids is 1. The molecule has 3 rings (SSSR count). The summed E-state index contributed by atoms with van der Waals surface area (Å²) in [6.45, 7) is 9.36. The van der Waals surface area contributed by atoms with Crippen molar-refractivity contribution in [3.8, 4) is 0 Å². The molecule has 2 N–H and O–H groups in total.